The van der Waals surface area contributed by atoms with Crippen LogP contribution in [-0.4, -0.2) is 27.3 Å². The molecule has 4 rings (SSSR count). The number of nitrogens with zero attached hydrogens (tertiary/aromatic N) is 2. The molecule has 7 heteroatoms. The number of anilines is 2. The van der Waals surface area contributed by atoms with Gasteiger partial charge in [0.05, 0.1) is 29.2 Å². The van der Waals surface area contributed by atoms with Gasteiger partial charge in [0.15, 0.2) is 0 Å². The Morgan fingerprint density at radius 3 is 2.79 bits per heavy atom. The maximum absolute atomic E-state index is 12.6. The number of nitrogens with one attached hydrogen (secondary N) is 2. The standard InChI is InChI=1S/C21H20N4O2S/c1-13-17(14(2)25(24-13)16-6-4-3-5-7-16)11-20(26)22-15-8-9-19-18(10-15)23-21(27)12-28-19/h3-10H,11-12H2,1-2H3,(H,22,26)(H,23,27). The second kappa shape index (κ2) is 7.52. The lowest BCUT2D eigenvalue weighted by molar-refractivity contribution is -0.115. The van der Waals surface area contributed by atoms with Gasteiger partial charge in [0.2, 0.25) is 11.8 Å². The number of hydrogen-bond donors (Lipinski definition) is 2. The molecule has 0 unspecified atom stereocenters. The number of para-hydroxylation sites is 1. The van der Waals surface area contributed by atoms with Crippen LogP contribution >= 0.6 is 11.8 Å². The van der Waals surface area contributed by atoms with E-state index in [9.17, 15) is 9.59 Å². The minimum atomic E-state index is -0.117. The molecular formula is C21H20N4O2S. The third kappa shape index (κ3) is 3.66. The van der Waals surface area contributed by atoms with Gasteiger partial charge in [-0.3, -0.25) is 9.59 Å². The number of aromatic nitrogens is 2. The molecule has 0 saturated carbocycles. The lowest BCUT2D eigenvalue weighted by Crippen LogP contribution is -2.19. The van der Waals surface area contributed by atoms with Gasteiger partial charge < -0.3 is 10.6 Å². The SMILES string of the molecule is Cc1nn(-c2ccccc2)c(C)c1CC(=O)Nc1ccc2c(c1)NC(=O)CS2. The number of benzene rings is 2. The van der Waals surface area contributed by atoms with Gasteiger partial charge in [0.1, 0.15) is 0 Å². The molecule has 0 spiro atoms. The summed E-state index contributed by atoms with van der Waals surface area (Å²) in [5.41, 5.74) is 5.08. The fourth-order valence-electron chi connectivity index (χ4n) is 3.28. The molecule has 2 amide bonds. The summed E-state index contributed by atoms with van der Waals surface area (Å²) >= 11 is 1.50. The monoisotopic (exact) mass is 392 g/mol. The molecule has 1 aliphatic rings. The Bertz CT molecular complexity index is 1060. The summed E-state index contributed by atoms with van der Waals surface area (Å²) < 4.78 is 1.86. The molecule has 0 saturated heterocycles. The second-order valence-corrected chi connectivity index (χ2v) is 7.69. The Labute approximate surface area is 167 Å². The Kier molecular flexibility index (Phi) is 4.92. The zero-order valence-electron chi connectivity index (χ0n) is 15.7. The van der Waals surface area contributed by atoms with Gasteiger partial charge in [-0.2, -0.15) is 5.10 Å². The largest absolute Gasteiger partial charge is 0.326 e. The molecule has 0 aliphatic carbocycles. The van der Waals surface area contributed by atoms with E-state index in [0.29, 0.717) is 11.4 Å². The van der Waals surface area contributed by atoms with E-state index in [1.165, 1.54) is 11.8 Å². The van der Waals surface area contributed by atoms with E-state index in [-0.39, 0.29) is 18.2 Å². The number of hydrogen-bond acceptors (Lipinski definition) is 4. The quantitative estimate of drug-likeness (QED) is 0.710. The van der Waals surface area contributed by atoms with Crippen LogP contribution in [0.15, 0.2) is 53.4 Å². The van der Waals surface area contributed by atoms with E-state index in [1.807, 2.05) is 61.0 Å². The highest BCUT2D eigenvalue weighted by molar-refractivity contribution is 8.00. The highest BCUT2D eigenvalue weighted by Gasteiger charge is 2.18. The summed E-state index contributed by atoms with van der Waals surface area (Å²) in [6.07, 6.45) is 0.239. The van der Waals surface area contributed by atoms with Crippen molar-refractivity contribution in [1.29, 1.82) is 0 Å². The van der Waals surface area contributed by atoms with E-state index in [4.69, 9.17) is 0 Å². The summed E-state index contributed by atoms with van der Waals surface area (Å²) in [4.78, 5) is 25.2. The normalized spacial score (nSPS) is 13.0. The smallest absolute Gasteiger partial charge is 0.234 e. The molecule has 2 aromatic carbocycles. The van der Waals surface area contributed by atoms with Crippen LogP contribution in [0.3, 0.4) is 0 Å². The molecule has 6 nitrogen and oxygen atoms in total. The van der Waals surface area contributed by atoms with E-state index in [1.54, 1.807) is 6.07 Å². The average Bonchev–Trinajstić information content (AvgIpc) is 2.96. The maximum Gasteiger partial charge on any atom is 0.234 e. The summed E-state index contributed by atoms with van der Waals surface area (Å²) in [5, 5.41) is 10.4. The summed E-state index contributed by atoms with van der Waals surface area (Å²) in [7, 11) is 0. The van der Waals surface area contributed by atoms with Gasteiger partial charge >= 0.3 is 0 Å². The van der Waals surface area contributed by atoms with Gasteiger partial charge in [0, 0.05) is 21.8 Å². The van der Waals surface area contributed by atoms with Crippen molar-refractivity contribution >= 4 is 35.0 Å². The molecule has 3 aromatic rings. The van der Waals surface area contributed by atoms with Crippen LogP contribution in [0, 0.1) is 13.8 Å². The van der Waals surface area contributed by atoms with Crippen LogP contribution in [0.1, 0.15) is 17.0 Å². The highest BCUT2D eigenvalue weighted by atomic mass is 32.2. The zero-order valence-corrected chi connectivity index (χ0v) is 16.5. The van der Waals surface area contributed by atoms with Gasteiger partial charge in [-0.05, 0) is 44.2 Å². The first-order chi connectivity index (χ1) is 13.5. The number of thioether (sulfide) groups is 1. The van der Waals surface area contributed by atoms with Gasteiger partial charge in [-0.1, -0.05) is 18.2 Å². The van der Waals surface area contributed by atoms with Crippen LogP contribution in [0.4, 0.5) is 11.4 Å². The Morgan fingerprint density at radius 2 is 2.00 bits per heavy atom. The molecule has 0 radical (unpaired) electrons. The predicted molar refractivity (Wildman–Crippen MR) is 111 cm³/mol. The molecule has 1 aromatic heterocycles. The number of rotatable bonds is 4. The predicted octanol–water partition coefficient (Wildman–Crippen LogP) is 3.71. The number of carbonyl (C=O) groups excluding carboxylic acids is 2. The van der Waals surface area contributed by atoms with Crippen molar-refractivity contribution in [2.24, 2.45) is 0 Å². The van der Waals surface area contributed by atoms with E-state index in [0.717, 1.165) is 33.2 Å². The first kappa shape index (κ1) is 18.3. The fourth-order valence-corrected chi connectivity index (χ4v) is 4.07. The minimum absolute atomic E-state index is 0.0273. The fraction of sp³-hybridized carbons (Fsp3) is 0.190. The van der Waals surface area contributed by atoms with Crippen molar-refractivity contribution < 1.29 is 9.59 Å². The second-order valence-electron chi connectivity index (χ2n) is 6.67. The van der Waals surface area contributed by atoms with Crippen molar-refractivity contribution in [3.05, 3.63) is 65.5 Å². The Balaban J connectivity index is 1.51. The molecule has 28 heavy (non-hydrogen) atoms. The third-order valence-corrected chi connectivity index (χ3v) is 5.75. The van der Waals surface area contributed by atoms with Crippen LogP contribution in [0.2, 0.25) is 0 Å². The minimum Gasteiger partial charge on any atom is -0.326 e. The van der Waals surface area contributed by atoms with E-state index in [2.05, 4.69) is 15.7 Å². The van der Waals surface area contributed by atoms with E-state index < -0.39 is 0 Å². The molecule has 0 bridgehead atoms. The van der Waals surface area contributed by atoms with Crippen LogP contribution in [0.5, 0.6) is 0 Å². The molecule has 2 heterocycles. The van der Waals surface area contributed by atoms with Gasteiger partial charge in [-0.25, -0.2) is 4.68 Å². The van der Waals surface area contributed by atoms with Crippen LogP contribution in [-0.2, 0) is 16.0 Å². The number of aryl methyl sites for hydroxylation is 1. The molecule has 142 valence electrons. The van der Waals surface area contributed by atoms with Crippen LogP contribution in [0.25, 0.3) is 5.69 Å². The lowest BCUT2D eigenvalue weighted by atomic mass is 10.1. The summed E-state index contributed by atoms with van der Waals surface area (Å²) in [6.45, 7) is 3.89. The van der Waals surface area contributed by atoms with Crippen molar-refractivity contribution in [2.75, 3.05) is 16.4 Å². The highest BCUT2D eigenvalue weighted by Crippen LogP contribution is 2.33. The first-order valence-corrected chi connectivity index (χ1v) is 9.97. The van der Waals surface area contributed by atoms with Crippen molar-refractivity contribution in [3.63, 3.8) is 0 Å². The molecular weight excluding hydrogens is 372 g/mol. The lowest BCUT2D eigenvalue weighted by Gasteiger charge is -2.17. The average molecular weight is 392 g/mol. The number of amides is 2. The maximum atomic E-state index is 12.6. The topological polar surface area (TPSA) is 76.0 Å². The number of fused-ring (bicyclic) bond motifs is 1. The third-order valence-electron chi connectivity index (χ3n) is 4.68. The van der Waals surface area contributed by atoms with Gasteiger partial charge in [-0.15, -0.1) is 11.8 Å². The Hall–Kier alpha value is -3.06. The summed E-state index contributed by atoms with van der Waals surface area (Å²) in [5.74, 6) is 0.275. The molecule has 0 atom stereocenters. The summed E-state index contributed by atoms with van der Waals surface area (Å²) in [6, 6.07) is 15.4. The van der Waals surface area contributed by atoms with Gasteiger partial charge in [0.25, 0.3) is 0 Å². The number of carbonyl (C=O) groups is 2. The Morgan fingerprint density at radius 1 is 1.21 bits per heavy atom. The van der Waals surface area contributed by atoms with Crippen molar-refractivity contribution in [2.45, 2.75) is 25.2 Å². The zero-order chi connectivity index (χ0) is 19.7. The van der Waals surface area contributed by atoms with E-state index >= 15 is 0 Å². The molecule has 1 aliphatic heterocycles. The first-order valence-electron chi connectivity index (χ1n) is 8.98. The van der Waals surface area contributed by atoms with Crippen LogP contribution < -0.4 is 10.6 Å². The molecule has 0 fully saturated rings. The molecule has 2 N–H and O–H groups in total. The van der Waals surface area contributed by atoms with Crippen molar-refractivity contribution in [1.82, 2.24) is 9.78 Å². The van der Waals surface area contributed by atoms with Crippen molar-refractivity contribution in [3.8, 4) is 5.69 Å².